The second-order valence-corrected chi connectivity index (χ2v) is 6.90. The molecule has 0 N–H and O–H groups in total. The van der Waals surface area contributed by atoms with E-state index in [-0.39, 0.29) is 18.9 Å². The molecule has 0 radical (unpaired) electrons. The monoisotopic (exact) mass is 370 g/mol. The summed E-state index contributed by atoms with van der Waals surface area (Å²) in [4.78, 5) is 11.4. The van der Waals surface area contributed by atoms with E-state index in [9.17, 15) is 4.79 Å². The number of methoxy groups -OCH3 is 1. The molecule has 154 valence electrons. The van der Waals surface area contributed by atoms with Crippen LogP contribution in [0.1, 0.15) is 97.3 Å². The van der Waals surface area contributed by atoms with Gasteiger partial charge in [-0.25, -0.2) is 4.79 Å². The van der Waals surface area contributed by atoms with Crippen molar-refractivity contribution in [1.82, 2.24) is 0 Å². The van der Waals surface area contributed by atoms with Crippen LogP contribution in [0.15, 0.2) is 12.2 Å². The molecule has 1 unspecified atom stereocenters. The molecule has 0 saturated heterocycles. The molecule has 0 aromatic heterocycles. The van der Waals surface area contributed by atoms with Gasteiger partial charge in [0.2, 0.25) is 0 Å². The van der Waals surface area contributed by atoms with Crippen LogP contribution in [0.3, 0.4) is 0 Å². The average Bonchev–Trinajstić information content (AvgIpc) is 2.64. The highest BCUT2D eigenvalue weighted by Gasteiger charge is 2.06. The van der Waals surface area contributed by atoms with Gasteiger partial charge in [-0.05, 0) is 19.4 Å². The third kappa shape index (κ3) is 17.9. The van der Waals surface area contributed by atoms with Gasteiger partial charge in [-0.2, -0.15) is 0 Å². The van der Waals surface area contributed by atoms with Gasteiger partial charge < -0.3 is 14.2 Å². The lowest BCUT2D eigenvalue weighted by Gasteiger charge is -2.13. The Kier molecular flexibility index (Phi) is 19.8. The van der Waals surface area contributed by atoms with E-state index < -0.39 is 0 Å². The molecule has 0 aliphatic rings. The molecular formula is C22H42O4. The van der Waals surface area contributed by atoms with Crippen molar-refractivity contribution in [2.45, 2.75) is 103 Å². The molecule has 0 spiro atoms. The first-order chi connectivity index (χ1) is 12.7. The number of ether oxygens (including phenoxy) is 3. The third-order valence-corrected chi connectivity index (χ3v) is 4.48. The van der Waals surface area contributed by atoms with E-state index in [1.807, 2.05) is 0 Å². The molecule has 0 aromatic rings. The summed E-state index contributed by atoms with van der Waals surface area (Å²) in [6.07, 6.45) is 20.1. The van der Waals surface area contributed by atoms with Crippen LogP contribution in [0.4, 0.5) is 0 Å². The highest BCUT2D eigenvalue weighted by molar-refractivity contribution is 5.81. The Hall–Kier alpha value is -0.870. The Bertz CT molecular complexity index is 328. The molecule has 4 heteroatoms. The zero-order valence-corrected chi connectivity index (χ0v) is 17.5. The van der Waals surface area contributed by atoms with Gasteiger partial charge in [0.15, 0.2) is 0 Å². The zero-order valence-electron chi connectivity index (χ0n) is 17.5. The van der Waals surface area contributed by atoms with Crippen molar-refractivity contribution < 1.29 is 19.0 Å². The van der Waals surface area contributed by atoms with Crippen LogP contribution < -0.4 is 0 Å². The molecule has 4 nitrogen and oxygen atoms in total. The summed E-state index contributed by atoms with van der Waals surface area (Å²) in [5.41, 5.74) is 0. The van der Waals surface area contributed by atoms with Crippen LogP contribution in [0, 0.1) is 0 Å². The number of esters is 1. The molecule has 0 bridgehead atoms. The first-order valence-corrected chi connectivity index (χ1v) is 10.7. The number of carbonyl (C=O) groups excluding carboxylic acids is 1. The van der Waals surface area contributed by atoms with Crippen molar-refractivity contribution in [3.05, 3.63) is 12.2 Å². The summed E-state index contributed by atoms with van der Waals surface area (Å²) in [6, 6.07) is 0. The molecule has 1 atom stereocenters. The number of unbranched alkanes of at least 4 members (excludes halogenated alkanes) is 11. The van der Waals surface area contributed by atoms with Crippen molar-refractivity contribution in [3.8, 4) is 0 Å². The van der Waals surface area contributed by atoms with Gasteiger partial charge in [0.25, 0.3) is 0 Å². The van der Waals surface area contributed by atoms with E-state index in [0.29, 0.717) is 6.61 Å². The fraction of sp³-hybridized carbons (Fsp3) is 0.864. The third-order valence-electron chi connectivity index (χ3n) is 4.48. The Morgan fingerprint density at radius 3 is 1.88 bits per heavy atom. The van der Waals surface area contributed by atoms with Gasteiger partial charge in [0.1, 0.15) is 6.79 Å². The molecule has 0 aliphatic heterocycles. The summed E-state index contributed by atoms with van der Waals surface area (Å²) in [6.45, 7) is 4.71. The minimum atomic E-state index is -0.312. The fourth-order valence-corrected chi connectivity index (χ4v) is 2.95. The standard InChI is InChI=1S/C22H42O4/c1-4-6-7-8-9-10-11-12-13-14-15-16-17-21(26-20-24-3)18-19-22(23)25-5-2/h18-19,21H,4-17,20H2,1-3H3/b19-18+. The number of hydrogen-bond donors (Lipinski definition) is 0. The molecule has 0 aromatic carbocycles. The zero-order chi connectivity index (χ0) is 19.3. The minimum Gasteiger partial charge on any atom is -0.463 e. The van der Waals surface area contributed by atoms with Gasteiger partial charge in [-0.3, -0.25) is 0 Å². The highest BCUT2D eigenvalue weighted by Crippen LogP contribution is 2.14. The first kappa shape index (κ1) is 25.1. The van der Waals surface area contributed by atoms with Crippen molar-refractivity contribution in [2.75, 3.05) is 20.5 Å². The summed E-state index contributed by atoms with van der Waals surface area (Å²) in [7, 11) is 1.61. The van der Waals surface area contributed by atoms with E-state index in [1.54, 1.807) is 20.1 Å². The number of rotatable bonds is 19. The van der Waals surface area contributed by atoms with Gasteiger partial charge in [-0.1, -0.05) is 84.0 Å². The lowest BCUT2D eigenvalue weighted by molar-refractivity contribution is -0.137. The second kappa shape index (κ2) is 20.4. The molecule has 0 saturated carbocycles. The van der Waals surface area contributed by atoms with E-state index >= 15 is 0 Å². The topological polar surface area (TPSA) is 44.8 Å². The van der Waals surface area contributed by atoms with Crippen molar-refractivity contribution in [3.63, 3.8) is 0 Å². The smallest absolute Gasteiger partial charge is 0.330 e. The molecule has 0 rings (SSSR count). The number of hydrogen-bond acceptors (Lipinski definition) is 4. The SMILES string of the molecule is CCCCCCCCCCCCCCC(/C=C/C(=O)OCC)OCOC. The van der Waals surface area contributed by atoms with E-state index in [2.05, 4.69) is 6.92 Å². The predicted octanol–water partition coefficient (Wildman–Crippen LogP) is 6.19. The highest BCUT2D eigenvalue weighted by atomic mass is 16.7. The van der Waals surface area contributed by atoms with Crippen LogP contribution in [0.2, 0.25) is 0 Å². The molecule has 0 aliphatic carbocycles. The van der Waals surface area contributed by atoms with Gasteiger partial charge in [0.05, 0.1) is 12.7 Å². The molecular weight excluding hydrogens is 328 g/mol. The largest absolute Gasteiger partial charge is 0.463 e. The average molecular weight is 371 g/mol. The maximum atomic E-state index is 11.4. The lowest BCUT2D eigenvalue weighted by Crippen LogP contribution is -2.13. The van der Waals surface area contributed by atoms with Crippen LogP contribution >= 0.6 is 0 Å². The Labute approximate surface area is 161 Å². The van der Waals surface area contributed by atoms with Crippen LogP contribution in [-0.4, -0.2) is 32.6 Å². The van der Waals surface area contributed by atoms with E-state index in [4.69, 9.17) is 14.2 Å². The van der Waals surface area contributed by atoms with Gasteiger partial charge in [-0.15, -0.1) is 0 Å². The Morgan fingerprint density at radius 2 is 1.38 bits per heavy atom. The second-order valence-electron chi connectivity index (χ2n) is 6.90. The minimum absolute atomic E-state index is 0.0810. The van der Waals surface area contributed by atoms with Crippen molar-refractivity contribution in [1.29, 1.82) is 0 Å². The predicted molar refractivity (Wildman–Crippen MR) is 108 cm³/mol. The first-order valence-electron chi connectivity index (χ1n) is 10.7. The van der Waals surface area contributed by atoms with Crippen LogP contribution in [0.25, 0.3) is 0 Å². The molecule has 0 fully saturated rings. The van der Waals surface area contributed by atoms with Crippen molar-refractivity contribution in [2.24, 2.45) is 0 Å². The quantitative estimate of drug-likeness (QED) is 0.118. The van der Waals surface area contributed by atoms with Crippen LogP contribution in [0.5, 0.6) is 0 Å². The summed E-state index contributed by atoms with van der Waals surface area (Å²) >= 11 is 0. The summed E-state index contributed by atoms with van der Waals surface area (Å²) in [5, 5.41) is 0. The van der Waals surface area contributed by atoms with Crippen molar-refractivity contribution >= 4 is 5.97 Å². The van der Waals surface area contributed by atoms with E-state index in [1.165, 1.54) is 76.7 Å². The molecule has 0 heterocycles. The maximum Gasteiger partial charge on any atom is 0.330 e. The maximum absolute atomic E-state index is 11.4. The fourth-order valence-electron chi connectivity index (χ4n) is 2.95. The normalized spacial score (nSPS) is 12.6. The van der Waals surface area contributed by atoms with Crippen LogP contribution in [-0.2, 0) is 19.0 Å². The number of carbonyl (C=O) groups is 1. The molecule has 0 amide bonds. The summed E-state index contributed by atoms with van der Waals surface area (Å²) < 4.78 is 15.5. The summed E-state index contributed by atoms with van der Waals surface area (Å²) in [5.74, 6) is -0.312. The lowest BCUT2D eigenvalue weighted by atomic mass is 10.0. The Morgan fingerprint density at radius 1 is 0.846 bits per heavy atom. The van der Waals surface area contributed by atoms with Gasteiger partial charge >= 0.3 is 5.97 Å². The molecule has 26 heavy (non-hydrogen) atoms. The van der Waals surface area contributed by atoms with Gasteiger partial charge in [0, 0.05) is 13.2 Å². The van der Waals surface area contributed by atoms with E-state index in [0.717, 1.165) is 12.8 Å². The Balaban J connectivity index is 3.64.